The maximum atomic E-state index is 13.4. The predicted molar refractivity (Wildman–Crippen MR) is 122 cm³/mol. The van der Waals surface area contributed by atoms with Crippen LogP contribution >= 0.6 is 0 Å². The molecule has 33 heavy (non-hydrogen) atoms. The van der Waals surface area contributed by atoms with Crippen molar-refractivity contribution in [3.05, 3.63) is 84.1 Å². The Balaban J connectivity index is 1.33. The van der Waals surface area contributed by atoms with Gasteiger partial charge in [-0.25, -0.2) is 9.37 Å². The first-order chi connectivity index (χ1) is 16.1. The van der Waals surface area contributed by atoms with Gasteiger partial charge in [-0.2, -0.15) is 5.10 Å². The van der Waals surface area contributed by atoms with Crippen LogP contribution in [0.15, 0.2) is 67.1 Å². The predicted octanol–water partition coefficient (Wildman–Crippen LogP) is 3.52. The van der Waals surface area contributed by atoms with Gasteiger partial charge >= 0.3 is 0 Å². The van der Waals surface area contributed by atoms with Crippen LogP contribution in [-0.4, -0.2) is 38.4 Å². The second-order valence-electron chi connectivity index (χ2n) is 8.01. The highest BCUT2D eigenvalue weighted by Crippen LogP contribution is 2.30. The van der Waals surface area contributed by atoms with Crippen LogP contribution in [0.3, 0.4) is 0 Å². The fourth-order valence-electron chi connectivity index (χ4n) is 4.13. The smallest absolute Gasteiger partial charge is 0.253 e. The molecule has 1 N–H and O–H groups in total. The standard InChI is InChI=1S/C25H24FN5O2/c1-30-13-11-27-24(30)22-21(18-6-8-19(26)9-7-18)16-31(29-22)14-12-28-25(32)23-20-5-3-2-4-17(20)10-15-33-23/h2-9,11,13,16,23H,10,12,14-15H2,1H3,(H,28,32). The van der Waals surface area contributed by atoms with Gasteiger partial charge in [0.25, 0.3) is 5.91 Å². The number of nitrogens with zero attached hydrogens (tertiary/aromatic N) is 4. The number of benzene rings is 2. The lowest BCUT2D eigenvalue weighted by Crippen LogP contribution is -2.35. The number of carbonyl (C=O) groups excluding carboxylic acids is 1. The van der Waals surface area contributed by atoms with Crippen molar-refractivity contribution in [2.45, 2.75) is 19.1 Å². The molecule has 1 amide bonds. The lowest BCUT2D eigenvalue weighted by atomic mass is 9.97. The van der Waals surface area contributed by atoms with Gasteiger partial charge in [0.05, 0.1) is 13.2 Å². The molecule has 5 rings (SSSR count). The summed E-state index contributed by atoms with van der Waals surface area (Å²) in [5, 5.41) is 7.68. The fraction of sp³-hybridized carbons (Fsp3) is 0.240. The molecule has 1 aliphatic heterocycles. The molecule has 0 radical (unpaired) electrons. The first-order valence-corrected chi connectivity index (χ1v) is 10.9. The summed E-state index contributed by atoms with van der Waals surface area (Å²) in [5.74, 6) is 0.264. The highest BCUT2D eigenvalue weighted by Gasteiger charge is 2.27. The highest BCUT2D eigenvalue weighted by atomic mass is 19.1. The molecule has 1 aliphatic rings. The van der Waals surface area contributed by atoms with E-state index in [1.165, 1.54) is 12.1 Å². The number of hydrogen-bond acceptors (Lipinski definition) is 4. The lowest BCUT2D eigenvalue weighted by Gasteiger charge is -2.25. The monoisotopic (exact) mass is 445 g/mol. The van der Waals surface area contributed by atoms with Gasteiger partial charge in [0.15, 0.2) is 11.9 Å². The summed E-state index contributed by atoms with van der Waals surface area (Å²) in [6.45, 7) is 1.40. The van der Waals surface area contributed by atoms with E-state index < -0.39 is 6.10 Å². The number of hydrogen-bond donors (Lipinski definition) is 1. The SMILES string of the molecule is Cn1ccnc1-c1nn(CCNC(=O)C2OCCc3ccccc32)cc1-c1ccc(F)cc1. The molecule has 0 bridgehead atoms. The molecule has 8 heteroatoms. The maximum absolute atomic E-state index is 13.4. The third-order valence-electron chi connectivity index (χ3n) is 5.82. The minimum Gasteiger partial charge on any atom is -0.363 e. The Labute approximate surface area is 190 Å². The van der Waals surface area contributed by atoms with Crippen molar-refractivity contribution < 1.29 is 13.9 Å². The van der Waals surface area contributed by atoms with Crippen molar-refractivity contribution in [3.8, 4) is 22.6 Å². The summed E-state index contributed by atoms with van der Waals surface area (Å²) in [6, 6.07) is 14.2. The van der Waals surface area contributed by atoms with Gasteiger partial charge in [0, 0.05) is 37.7 Å². The van der Waals surface area contributed by atoms with E-state index in [0.717, 1.165) is 28.7 Å². The molecular weight excluding hydrogens is 421 g/mol. The maximum Gasteiger partial charge on any atom is 0.253 e. The van der Waals surface area contributed by atoms with Crippen LogP contribution in [0.25, 0.3) is 22.6 Å². The Morgan fingerprint density at radius 1 is 1.21 bits per heavy atom. The molecule has 0 spiro atoms. The van der Waals surface area contributed by atoms with E-state index in [4.69, 9.17) is 9.84 Å². The van der Waals surface area contributed by atoms with E-state index in [1.54, 1.807) is 23.0 Å². The summed E-state index contributed by atoms with van der Waals surface area (Å²) in [7, 11) is 1.90. The van der Waals surface area contributed by atoms with E-state index in [2.05, 4.69) is 10.3 Å². The fourth-order valence-corrected chi connectivity index (χ4v) is 4.13. The molecule has 1 unspecified atom stereocenters. The van der Waals surface area contributed by atoms with Crippen LogP contribution in [0, 0.1) is 5.82 Å². The summed E-state index contributed by atoms with van der Waals surface area (Å²) < 4.78 is 22.9. The number of imidazole rings is 1. The summed E-state index contributed by atoms with van der Waals surface area (Å²) >= 11 is 0. The number of nitrogens with one attached hydrogen (secondary N) is 1. The number of fused-ring (bicyclic) bond motifs is 1. The van der Waals surface area contributed by atoms with E-state index in [9.17, 15) is 9.18 Å². The van der Waals surface area contributed by atoms with E-state index in [-0.39, 0.29) is 11.7 Å². The van der Waals surface area contributed by atoms with Gasteiger partial charge in [0.2, 0.25) is 0 Å². The minimum atomic E-state index is -0.592. The molecule has 168 valence electrons. The van der Waals surface area contributed by atoms with Crippen LogP contribution < -0.4 is 5.32 Å². The number of rotatable bonds is 6. The zero-order chi connectivity index (χ0) is 22.8. The molecule has 2 aromatic heterocycles. The first kappa shape index (κ1) is 21.1. The number of aryl methyl sites for hydroxylation is 1. The Morgan fingerprint density at radius 2 is 2.03 bits per heavy atom. The van der Waals surface area contributed by atoms with Crippen LogP contribution in [0.1, 0.15) is 17.2 Å². The Morgan fingerprint density at radius 3 is 2.82 bits per heavy atom. The molecule has 2 aromatic carbocycles. The van der Waals surface area contributed by atoms with Gasteiger partial charge < -0.3 is 14.6 Å². The molecule has 3 heterocycles. The van der Waals surface area contributed by atoms with Crippen molar-refractivity contribution in [3.63, 3.8) is 0 Å². The zero-order valence-electron chi connectivity index (χ0n) is 18.2. The van der Waals surface area contributed by atoms with Crippen LogP contribution in [0.2, 0.25) is 0 Å². The van der Waals surface area contributed by atoms with E-state index in [0.29, 0.717) is 31.2 Å². The normalized spacial score (nSPS) is 15.3. The lowest BCUT2D eigenvalue weighted by molar-refractivity contribution is -0.134. The van der Waals surface area contributed by atoms with Crippen molar-refractivity contribution in [2.75, 3.05) is 13.2 Å². The average molecular weight is 445 g/mol. The average Bonchev–Trinajstić information content (AvgIpc) is 3.45. The molecule has 0 saturated heterocycles. The molecular formula is C25H24FN5O2. The van der Waals surface area contributed by atoms with Crippen molar-refractivity contribution in [1.82, 2.24) is 24.6 Å². The number of amides is 1. The number of ether oxygens (including phenoxy) is 1. The Hall–Kier alpha value is -3.78. The van der Waals surface area contributed by atoms with Crippen molar-refractivity contribution in [1.29, 1.82) is 0 Å². The molecule has 0 aliphatic carbocycles. The topological polar surface area (TPSA) is 74.0 Å². The molecule has 7 nitrogen and oxygen atoms in total. The third kappa shape index (κ3) is 4.29. The van der Waals surface area contributed by atoms with E-state index in [1.807, 2.05) is 48.3 Å². The molecule has 0 fully saturated rings. The molecule has 1 atom stereocenters. The second kappa shape index (κ2) is 8.99. The number of aromatic nitrogens is 4. The third-order valence-corrected chi connectivity index (χ3v) is 5.82. The molecule has 4 aromatic rings. The number of carbonyl (C=O) groups is 1. The summed E-state index contributed by atoms with van der Waals surface area (Å²) in [6.07, 6.45) is 5.69. The van der Waals surface area contributed by atoms with Crippen LogP contribution in [0.4, 0.5) is 4.39 Å². The second-order valence-corrected chi connectivity index (χ2v) is 8.01. The molecule has 0 saturated carbocycles. The van der Waals surface area contributed by atoms with Gasteiger partial charge in [-0.05, 0) is 35.2 Å². The Kier molecular flexibility index (Phi) is 5.75. The Bertz CT molecular complexity index is 1280. The van der Waals surface area contributed by atoms with Gasteiger partial charge in [-0.3, -0.25) is 9.48 Å². The first-order valence-electron chi connectivity index (χ1n) is 10.9. The largest absolute Gasteiger partial charge is 0.363 e. The van der Waals surface area contributed by atoms with Gasteiger partial charge in [-0.1, -0.05) is 36.4 Å². The van der Waals surface area contributed by atoms with Gasteiger partial charge in [-0.15, -0.1) is 0 Å². The van der Waals surface area contributed by atoms with Crippen LogP contribution in [0.5, 0.6) is 0 Å². The zero-order valence-corrected chi connectivity index (χ0v) is 18.2. The summed E-state index contributed by atoms with van der Waals surface area (Å²) in [5.41, 5.74) is 4.47. The van der Waals surface area contributed by atoms with Crippen LogP contribution in [-0.2, 0) is 29.5 Å². The van der Waals surface area contributed by atoms with Crippen molar-refractivity contribution >= 4 is 5.91 Å². The summed E-state index contributed by atoms with van der Waals surface area (Å²) in [4.78, 5) is 17.2. The van der Waals surface area contributed by atoms with Gasteiger partial charge in [0.1, 0.15) is 11.5 Å². The quantitative estimate of drug-likeness (QED) is 0.493. The van der Waals surface area contributed by atoms with Crippen molar-refractivity contribution in [2.24, 2.45) is 7.05 Å². The van der Waals surface area contributed by atoms with E-state index >= 15 is 0 Å². The number of halogens is 1. The minimum absolute atomic E-state index is 0.155. The highest BCUT2D eigenvalue weighted by molar-refractivity contribution is 5.83.